The summed E-state index contributed by atoms with van der Waals surface area (Å²) < 4.78 is 13.3. The molecule has 0 unspecified atom stereocenters. The second-order valence-electron chi connectivity index (χ2n) is 9.08. The standard InChI is InChI=1S/C24H33N3O4/c1-8-9-12-30-20-19-13-17(14-25)10-11-18(19)22(28)27(15-16(2)3)21(20)26(7)23(29)31-24(4,5)6/h10-11,13,16H,8-9,12,15H2,1-7H3. The lowest BCUT2D eigenvalue weighted by atomic mass is 10.1. The van der Waals surface area contributed by atoms with Gasteiger partial charge in [-0.15, -0.1) is 0 Å². The molecule has 1 aromatic carbocycles. The van der Waals surface area contributed by atoms with Crippen LogP contribution in [-0.2, 0) is 11.3 Å². The van der Waals surface area contributed by atoms with Gasteiger partial charge in [0, 0.05) is 19.0 Å². The number of nitriles is 1. The molecule has 1 heterocycles. The van der Waals surface area contributed by atoms with Crippen LogP contribution >= 0.6 is 0 Å². The van der Waals surface area contributed by atoms with E-state index in [0.29, 0.717) is 41.1 Å². The summed E-state index contributed by atoms with van der Waals surface area (Å²) in [7, 11) is 1.58. The number of fused-ring (bicyclic) bond motifs is 1. The lowest BCUT2D eigenvalue weighted by Gasteiger charge is -2.29. The van der Waals surface area contributed by atoms with Gasteiger partial charge in [0.15, 0.2) is 11.6 Å². The molecule has 0 N–H and O–H groups in total. The van der Waals surface area contributed by atoms with E-state index >= 15 is 0 Å². The van der Waals surface area contributed by atoms with Crippen molar-refractivity contribution in [2.24, 2.45) is 5.92 Å². The van der Waals surface area contributed by atoms with Gasteiger partial charge in [-0.05, 0) is 51.3 Å². The summed E-state index contributed by atoms with van der Waals surface area (Å²) in [5, 5.41) is 10.4. The maximum atomic E-state index is 13.4. The van der Waals surface area contributed by atoms with Crippen molar-refractivity contribution >= 4 is 22.7 Å². The number of carbonyl (C=O) groups excluding carboxylic acids is 1. The fourth-order valence-electron chi connectivity index (χ4n) is 3.22. The van der Waals surface area contributed by atoms with E-state index in [1.165, 1.54) is 4.90 Å². The highest BCUT2D eigenvalue weighted by molar-refractivity contribution is 5.97. The Morgan fingerprint density at radius 2 is 1.94 bits per heavy atom. The number of unbranched alkanes of at least 4 members (excludes halogenated alkanes) is 1. The Bertz CT molecular complexity index is 1040. The molecule has 31 heavy (non-hydrogen) atoms. The Balaban J connectivity index is 2.85. The number of nitrogens with zero attached hydrogens (tertiary/aromatic N) is 3. The molecule has 2 rings (SSSR count). The quantitative estimate of drug-likeness (QED) is 0.575. The Hall–Kier alpha value is -3.01. The minimum absolute atomic E-state index is 0.155. The molecule has 7 heteroatoms. The molecule has 2 aromatic rings. The highest BCUT2D eigenvalue weighted by Gasteiger charge is 2.28. The first-order valence-electron chi connectivity index (χ1n) is 10.7. The van der Waals surface area contributed by atoms with Crippen LogP contribution in [0, 0.1) is 17.2 Å². The molecule has 0 atom stereocenters. The summed E-state index contributed by atoms with van der Waals surface area (Å²) >= 11 is 0. The van der Waals surface area contributed by atoms with E-state index in [1.54, 1.807) is 50.6 Å². The molecule has 0 aliphatic carbocycles. The topological polar surface area (TPSA) is 84.6 Å². The van der Waals surface area contributed by atoms with Crippen LogP contribution in [-0.4, -0.2) is 29.9 Å². The maximum absolute atomic E-state index is 13.4. The summed E-state index contributed by atoms with van der Waals surface area (Å²) in [6, 6.07) is 7.03. The van der Waals surface area contributed by atoms with Crippen molar-refractivity contribution in [3.8, 4) is 11.8 Å². The van der Waals surface area contributed by atoms with Gasteiger partial charge in [-0.2, -0.15) is 5.26 Å². The van der Waals surface area contributed by atoms with Crippen LogP contribution in [0.4, 0.5) is 10.6 Å². The number of anilines is 1. The molecule has 0 bridgehead atoms. The van der Waals surface area contributed by atoms with E-state index in [4.69, 9.17) is 9.47 Å². The molecule has 168 valence electrons. The summed E-state index contributed by atoms with van der Waals surface area (Å²) in [5.41, 5.74) is -0.510. The SMILES string of the molecule is CCCCOc1c(N(C)C(=O)OC(C)(C)C)n(CC(C)C)c(=O)c2ccc(C#N)cc12. The first-order valence-corrected chi connectivity index (χ1v) is 10.7. The molecule has 0 aliphatic heterocycles. The van der Waals surface area contributed by atoms with Gasteiger partial charge in [-0.25, -0.2) is 4.79 Å². The zero-order valence-corrected chi connectivity index (χ0v) is 19.6. The number of rotatable bonds is 7. The fraction of sp³-hybridized carbons (Fsp3) is 0.542. The van der Waals surface area contributed by atoms with Crippen molar-refractivity contribution in [3.63, 3.8) is 0 Å². The Labute approximate surface area is 184 Å². The third kappa shape index (κ3) is 5.78. The van der Waals surface area contributed by atoms with Crippen LogP contribution in [0.3, 0.4) is 0 Å². The summed E-state index contributed by atoms with van der Waals surface area (Å²) in [6.07, 6.45) is 1.17. The maximum Gasteiger partial charge on any atom is 0.415 e. The minimum atomic E-state index is -0.692. The van der Waals surface area contributed by atoms with Gasteiger partial charge in [0.05, 0.1) is 23.6 Å². The second kappa shape index (κ2) is 9.86. The number of carbonyl (C=O) groups is 1. The van der Waals surface area contributed by atoms with E-state index in [0.717, 1.165) is 12.8 Å². The molecule has 7 nitrogen and oxygen atoms in total. The first-order chi connectivity index (χ1) is 14.5. The zero-order valence-electron chi connectivity index (χ0n) is 19.6. The fourth-order valence-corrected chi connectivity index (χ4v) is 3.22. The zero-order chi connectivity index (χ0) is 23.3. The van der Waals surface area contributed by atoms with Crippen molar-refractivity contribution in [2.75, 3.05) is 18.6 Å². The predicted molar refractivity (Wildman–Crippen MR) is 123 cm³/mol. The van der Waals surface area contributed by atoms with E-state index in [-0.39, 0.29) is 11.5 Å². The van der Waals surface area contributed by atoms with Crippen molar-refractivity contribution in [3.05, 3.63) is 34.1 Å². The van der Waals surface area contributed by atoms with Crippen LogP contribution in [0.2, 0.25) is 0 Å². The molecule has 0 spiro atoms. The number of hydrogen-bond acceptors (Lipinski definition) is 5. The Morgan fingerprint density at radius 3 is 2.48 bits per heavy atom. The van der Waals surface area contributed by atoms with Crippen LogP contribution in [0.15, 0.2) is 23.0 Å². The molecular formula is C24H33N3O4. The van der Waals surface area contributed by atoms with Crippen molar-refractivity contribution in [2.45, 2.75) is 66.5 Å². The molecule has 0 aliphatic rings. The highest BCUT2D eigenvalue weighted by atomic mass is 16.6. The number of benzene rings is 1. The van der Waals surface area contributed by atoms with Crippen LogP contribution in [0.1, 0.15) is 59.9 Å². The molecular weight excluding hydrogens is 394 g/mol. The summed E-state index contributed by atoms with van der Waals surface area (Å²) in [6.45, 7) is 12.3. The molecule has 0 radical (unpaired) electrons. The number of ether oxygens (including phenoxy) is 2. The normalized spacial score (nSPS) is 11.5. The Kier molecular flexibility index (Phi) is 7.72. The van der Waals surface area contributed by atoms with Crippen molar-refractivity contribution in [1.82, 2.24) is 4.57 Å². The number of hydrogen-bond donors (Lipinski definition) is 0. The Morgan fingerprint density at radius 1 is 1.26 bits per heavy atom. The number of aromatic nitrogens is 1. The lowest BCUT2D eigenvalue weighted by molar-refractivity contribution is 0.0585. The summed E-state index contributed by atoms with van der Waals surface area (Å²) in [5.74, 6) is 0.906. The van der Waals surface area contributed by atoms with Gasteiger partial charge < -0.3 is 9.47 Å². The first kappa shape index (κ1) is 24.3. The largest absolute Gasteiger partial charge is 0.489 e. The predicted octanol–water partition coefficient (Wildman–Crippen LogP) is 5.08. The van der Waals surface area contributed by atoms with Gasteiger partial charge in [0.2, 0.25) is 0 Å². The van der Waals surface area contributed by atoms with Crippen molar-refractivity contribution in [1.29, 1.82) is 5.26 Å². The second-order valence-corrected chi connectivity index (χ2v) is 9.08. The van der Waals surface area contributed by atoms with Gasteiger partial charge in [-0.1, -0.05) is 27.2 Å². The average molecular weight is 428 g/mol. The number of amides is 1. The average Bonchev–Trinajstić information content (AvgIpc) is 2.68. The molecule has 1 amide bonds. The van der Waals surface area contributed by atoms with Gasteiger partial charge in [0.1, 0.15) is 5.60 Å². The van der Waals surface area contributed by atoms with E-state index in [1.807, 2.05) is 13.8 Å². The van der Waals surface area contributed by atoms with Crippen LogP contribution in [0.5, 0.6) is 5.75 Å². The number of pyridine rings is 1. The van der Waals surface area contributed by atoms with E-state index in [2.05, 4.69) is 13.0 Å². The third-order valence-corrected chi connectivity index (χ3v) is 4.60. The molecule has 0 fully saturated rings. The smallest absolute Gasteiger partial charge is 0.415 e. The van der Waals surface area contributed by atoms with E-state index < -0.39 is 11.7 Å². The highest BCUT2D eigenvalue weighted by Crippen LogP contribution is 2.36. The minimum Gasteiger partial charge on any atom is -0.489 e. The molecule has 0 saturated heterocycles. The van der Waals surface area contributed by atoms with Gasteiger partial charge >= 0.3 is 6.09 Å². The monoisotopic (exact) mass is 427 g/mol. The lowest BCUT2D eigenvalue weighted by Crippen LogP contribution is -2.38. The van der Waals surface area contributed by atoms with Crippen molar-refractivity contribution < 1.29 is 14.3 Å². The molecule has 1 aromatic heterocycles. The van der Waals surface area contributed by atoms with E-state index in [9.17, 15) is 14.9 Å². The molecule has 0 saturated carbocycles. The van der Waals surface area contributed by atoms with Crippen LogP contribution in [0.25, 0.3) is 10.8 Å². The summed E-state index contributed by atoms with van der Waals surface area (Å²) in [4.78, 5) is 27.7. The third-order valence-electron chi connectivity index (χ3n) is 4.60. The van der Waals surface area contributed by atoms with Gasteiger partial charge in [-0.3, -0.25) is 14.3 Å². The van der Waals surface area contributed by atoms with Crippen LogP contribution < -0.4 is 15.2 Å². The van der Waals surface area contributed by atoms with Gasteiger partial charge in [0.25, 0.3) is 5.56 Å².